The molecule has 15 nitrogen and oxygen atoms in total. The number of likely N-dealkylation sites (tertiary alicyclic amines) is 1. The van der Waals surface area contributed by atoms with Crippen molar-refractivity contribution in [2.45, 2.75) is 101 Å². The Morgan fingerprint density at radius 2 is 1.22 bits per heavy atom. The number of rotatable bonds is 9. The largest absolute Gasteiger partial charge is 0.493 e. The lowest BCUT2D eigenvalue weighted by Gasteiger charge is -2.31. The minimum absolute atomic E-state index is 0.104. The third kappa shape index (κ3) is 12.4. The number of aliphatic hydroxyl groups is 2. The van der Waals surface area contributed by atoms with E-state index in [1.807, 2.05) is 45.5 Å². The first kappa shape index (κ1) is 52.4. The molecule has 6 aromatic rings. The number of nitrogens with two attached hydrogens (primary N) is 1. The Morgan fingerprint density at radius 1 is 0.694 bits per heavy atom. The molecule has 72 heavy (non-hydrogen) atoms. The van der Waals surface area contributed by atoms with Gasteiger partial charge < -0.3 is 50.1 Å². The van der Waals surface area contributed by atoms with Crippen LogP contribution >= 0.6 is 23.2 Å². The maximum absolute atomic E-state index is 13.4. The van der Waals surface area contributed by atoms with Crippen LogP contribution < -0.4 is 25.8 Å². The summed E-state index contributed by atoms with van der Waals surface area (Å²) < 4.78 is 90.9. The molecule has 6 heterocycles. The molecule has 0 unspecified atom stereocenters. The smallest absolute Gasteiger partial charge is 0.416 e. The van der Waals surface area contributed by atoms with Crippen LogP contribution in [0.5, 0.6) is 11.5 Å². The number of aromatic nitrogens is 6. The molecule has 384 valence electrons. The van der Waals surface area contributed by atoms with Gasteiger partial charge >= 0.3 is 18.4 Å². The van der Waals surface area contributed by atoms with Crippen molar-refractivity contribution in [2.75, 3.05) is 26.3 Å². The number of nitrogens with one attached hydrogen (secondary N) is 2. The molecular weight excluding hydrogens is 993 g/mol. The van der Waals surface area contributed by atoms with E-state index in [4.69, 9.17) is 38.4 Å². The summed E-state index contributed by atoms with van der Waals surface area (Å²) in [5.74, 6) is 2.83. The number of urea groups is 1. The van der Waals surface area contributed by atoms with E-state index in [0.717, 1.165) is 72.0 Å². The minimum Gasteiger partial charge on any atom is -0.493 e. The van der Waals surface area contributed by atoms with E-state index >= 15 is 0 Å². The lowest BCUT2D eigenvalue weighted by Crippen LogP contribution is -2.43. The third-order valence-electron chi connectivity index (χ3n) is 12.8. The van der Waals surface area contributed by atoms with Gasteiger partial charge in [0.05, 0.1) is 55.6 Å². The molecule has 4 atom stereocenters. The Morgan fingerprint density at radius 3 is 1.76 bits per heavy atom. The quantitative estimate of drug-likeness (QED) is 0.0868. The van der Waals surface area contributed by atoms with Crippen molar-refractivity contribution < 1.29 is 50.8 Å². The summed E-state index contributed by atoms with van der Waals surface area (Å²) in [6, 6.07) is 20.6. The minimum atomic E-state index is -4.48. The van der Waals surface area contributed by atoms with Gasteiger partial charge in [-0.2, -0.15) is 26.3 Å². The maximum Gasteiger partial charge on any atom is 0.416 e. The van der Waals surface area contributed by atoms with Gasteiger partial charge in [-0.25, -0.2) is 4.79 Å². The molecule has 2 amide bonds. The predicted octanol–water partition coefficient (Wildman–Crippen LogP) is 9.25. The van der Waals surface area contributed by atoms with Crippen LogP contribution in [0.15, 0.2) is 84.9 Å². The molecule has 6 N–H and O–H groups in total. The highest BCUT2D eigenvalue weighted by Crippen LogP contribution is 2.40. The van der Waals surface area contributed by atoms with Crippen molar-refractivity contribution in [3.8, 4) is 11.5 Å². The molecule has 0 saturated carbocycles. The number of alkyl halides is 6. The number of amides is 2. The highest BCUT2D eigenvalue weighted by molar-refractivity contribution is 6.30. The highest BCUT2D eigenvalue weighted by atomic mass is 35.5. The first-order valence-electron chi connectivity index (χ1n) is 23.3. The molecule has 4 aromatic carbocycles. The summed E-state index contributed by atoms with van der Waals surface area (Å²) in [5.41, 5.74) is 7.46. The van der Waals surface area contributed by atoms with Gasteiger partial charge in [-0.05, 0) is 91.9 Å². The van der Waals surface area contributed by atoms with Gasteiger partial charge in [0.25, 0.3) is 0 Å². The lowest BCUT2D eigenvalue weighted by atomic mass is 9.98. The summed E-state index contributed by atoms with van der Waals surface area (Å²) in [7, 11) is 0. The van der Waals surface area contributed by atoms with Crippen LogP contribution in [0.2, 0.25) is 10.0 Å². The lowest BCUT2D eigenvalue weighted by molar-refractivity contribution is -0.138. The Bertz CT molecular complexity index is 2790. The van der Waals surface area contributed by atoms with Crippen molar-refractivity contribution in [1.29, 1.82) is 0 Å². The highest BCUT2D eigenvalue weighted by Gasteiger charge is 2.38. The number of halogens is 8. The first-order chi connectivity index (χ1) is 34.5. The predicted molar refractivity (Wildman–Crippen MR) is 253 cm³/mol. The third-order valence-corrected chi connectivity index (χ3v) is 13.3. The van der Waals surface area contributed by atoms with Gasteiger partial charge in [-0.15, -0.1) is 20.4 Å². The molecule has 0 spiro atoms. The van der Waals surface area contributed by atoms with E-state index in [0.29, 0.717) is 79.1 Å². The fraction of sp³-hybridized carbons (Fsp3) is 0.408. The van der Waals surface area contributed by atoms with Crippen molar-refractivity contribution in [3.05, 3.63) is 152 Å². The Kier molecular flexibility index (Phi) is 16.6. The van der Waals surface area contributed by atoms with Gasteiger partial charge in [0, 0.05) is 46.6 Å². The van der Waals surface area contributed by atoms with Gasteiger partial charge in [0.1, 0.15) is 24.7 Å². The maximum atomic E-state index is 13.4. The molecule has 4 aliphatic heterocycles. The van der Waals surface area contributed by atoms with Crippen LogP contribution in [0, 0.1) is 0 Å². The molecule has 2 fully saturated rings. The van der Waals surface area contributed by atoms with Crippen LogP contribution in [-0.2, 0) is 38.7 Å². The molecule has 0 bridgehead atoms. The van der Waals surface area contributed by atoms with E-state index in [1.54, 1.807) is 17.0 Å². The second-order valence-corrected chi connectivity index (χ2v) is 18.4. The van der Waals surface area contributed by atoms with Crippen molar-refractivity contribution in [1.82, 2.24) is 45.1 Å². The number of hydrogen-bond donors (Lipinski definition) is 5. The number of aliphatic hydroxyl groups excluding tert-OH is 2. The first-order valence-corrected chi connectivity index (χ1v) is 24.0. The van der Waals surface area contributed by atoms with Crippen LogP contribution in [-0.4, -0.2) is 77.0 Å². The summed E-state index contributed by atoms with van der Waals surface area (Å²) in [5, 5.41) is 43.8. The van der Waals surface area contributed by atoms with Crippen LogP contribution in [0.1, 0.15) is 119 Å². The summed E-state index contributed by atoms with van der Waals surface area (Å²) in [6.45, 7) is 2.69. The van der Waals surface area contributed by atoms with Crippen molar-refractivity contribution in [2.24, 2.45) is 5.73 Å². The Balaban J connectivity index is 0.000000165. The van der Waals surface area contributed by atoms with Gasteiger partial charge in [-0.3, -0.25) is 0 Å². The van der Waals surface area contributed by atoms with Crippen LogP contribution in [0.3, 0.4) is 0 Å². The zero-order valence-electron chi connectivity index (χ0n) is 38.6. The number of hydrogen-bond acceptors (Lipinski definition) is 11. The second-order valence-electron chi connectivity index (χ2n) is 17.6. The molecule has 23 heteroatoms. The summed E-state index contributed by atoms with van der Waals surface area (Å²) >= 11 is 11.9. The Hall–Kier alpha value is -5.97. The monoisotopic (exact) mass is 1040 g/mol. The molecular formula is C49H52Cl2F6N10O5. The van der Waals surface area contributed by atoms with E-state index in [2.05, 4.69) is 31.0 Å². The zero-order valence-corrected chi connectivity index (χ0v) is 40.2. The summed E-state index contributed by atoms with van der Waals surface area (Å²) in [4.78, 5) is 15.1. The van der Waals surface area contributed by atoms with Crippen molar-refractivity contribution in [3.63, 3.8) is 0 Å². The molecule has 0 aliphatic carbocycles. The van der Waals surface area contributed by atoms with Gasteiger partial charge in [-0.1, -0.05) is 59.6 Å². The van der Waals surface area contributed by atoms with Gasteiger partial charge in [0.15, 0.2) is 23.3 Å². The number of ether oxygens (including phenoxy) is 2. The molecule has 0 radical (unpaired) electrons. The number of nitrogens with zero attached hydrogens (tertiary/aromatic N) is 7. The molecule has 4 aliphatic rings. The molecule has 2 saturated heterocycles. The standard InChI is InChI=1S/C25H25ClF3N5O3.C14H17ClN4O.C10H10F3NO/c26-17-6-3-15(4-7-17)13-34-22(14-35)31-32-23(34)20-2-1-10-33(20)24(36)30-19-9-11-37-21-12-16(25(27,28)29)5-8-18(19)21;15-11-5-3-10(4-6-11)8-19-13(9-20)17-18-14(19)12-2-1-7-16-12;11-10(12,13)6-1-2-7-8(14)3-4-15-9(7)5-6/h3-8,12,19-20,35H,1-2,9-11,13-14H2,(H,30,36);3-6,12,16,20H,1-2,7-9H2;1-2,5,8H,3-4,14H2/t19-,20+;12-;8-/m010/s1. The Labute approximate surface area is 420 Å². The van der Waals surface area contributed by atoms with Crippen LogP contribution in [0.4, 0.5) is 31.1 Å². The SMILES string of the molecule is N[C@H]1CCOc2cc(C(F)(F)F)ccc21.O=C(N[C@H]1CCOc2cc(C(F)(F)F)ccc21)N1CCC[C@@H]1c1nnc(CO)n1Cc1ccc(Cl)cc1.OCc1nnc([C@H]2CCCN2)n1Cc1ccc(Cl)cc1. The fourth-order valence-corrected chi connectivity index (χ4v) is 9.30. The van der Waals surface area contributed by atoms with E-state index < -0.39 is 29.5 Å². The van der Waals surface area contributed by atoms with E-state index in [-0.39, 0.29) is 55.5 Å². The van der Waals surface area contributed by atoms with Crippen molar-refractivity contribution >= 4 is 29.2 Å². The summed E-state index contributed by atoms with van der Waals surface area (Å²) in [6.07, 6.45) is -4.12. The number of benzene rings is 4. The normalized spacial score (nSPS) is 19.5. The number of fused-ring (bicyclic) bond motifs is 2. The topological polar surface area (TPSA) is 191 Å². The number of carbonyl (C=O) groups is 1. The zero-order chi connectivity index (χ0) is 51.2. The average Bonchev–Trinajstić information content (AvgIpc) is 4.21. The van der Waals surface area contributed by atoms with Gasteiger partial charge in [0.2, 0.25) is 0 Å². The average molecular weight is 1050 g/mol. The second kappa shape index (κ2) is 22.8. The molecule has 10 rings (SSSR count). The van der Waals surface area contributed by atoms with E-state index in [9.17, 15) is 41.4 Å². The van der Waals surface area contributed by atoms with E-state index in [1.165, 1.54) is 12.1 Å². The fourth-order valence-electron chi connectivity index (χ4n) is 9.05. The van der Waals surface area contributed by atoms with Crippen LogP contribution in [0.25, 0.3) is 0 Å². The number of carbonyl (C=O) groups excluding carboxylic acids is 1. The molecule has 2 aromatic heterocycles.